The van der Waals surface area contributed by atoms with E-state index in [4.69, 9.17) is 0 Å². The Bertz CT molecular complexity index is 662. The summed E-state index contributed by atoms with van der Waals surface area (Å²) in [6.45, 7) is 7.40. The van der Waals surface area contributed by atoms with Gasteiger partial charge in [-0.15, -0.1) is 0 Å². The average Bonchev–Trinajstić information content (AvgIpc) is 3.15. The van der Waals surface area contributed by atoms with E-state index in [-0.39, 0.29) is 5.91 Å². The molecule has 0 spiro atoms. The molecule has 24 heavy (non-hydrogen) atoms. The van der Waals surface area contributed by atoms with Crippen LogP contribution in [0.3, 0.4) is 0 Å². The van der Waals surface area contributed by atoms with Crippen LogP contribution in [-0.4, -0.2) is 51.0 Å². The summed E-state index contributed by atoms with van der Waals surface area (Å²) < 4.78 is 1.79. The van der Waals surface area contributed by atoms with Gasteiger partial charge in [-0.2, -0.15) is 0 Å². The molecule has 2 aromatic heterocycles. The summed E-state index contributed by atoms with van der Waals surface area (Å²) in [6, 6.07) is 3.88. The molecular weight excluding hydrogens is 302 g/mol. The Morgan fingerprint density at radius 2 is 2.17 bits per heavy atom. The van der Waals surface area contributed by atoms with Crippen LogP contribution in [-0.2, 0) is 0 Å². The number of carbonyl (C=O) groups excluding carboxylic acids is 1. The van der Waals surface area contributed by atoms with E-state index in [2.05, 4.69) is 34.0 Å². The number of nitrogens with zero attached hydrogens (tertiary/aromatic N) is 4. The van der Waals surface area contributed by atoms with Crippen LogP contribution in [0.1, 0.15) is 37.0 Å². The quantitative estimate of drug-likeness (QED) is 0.914. The Balaban J connectivity index is 1.56. The number of hydrogen-bond acceptors (Lipinski definition) is 4. The third-order valence-electron chi connectivity index (χ3n) is 4.78. The minimum absolute atomic E-state index is 0.0593. The molecule has 6 nitrogen and oxygen atoms in total. The van der Waals surface area contributed by atoms with E-state index in [0.717, 1.165) is 19.0 Å². The lowest BCUT2D eigenvalue weighted by Crippen LogP contribution is -2.45. The number of pyridine rings is 1. The molecule has 128 valence electrons. The van der Waals surface area contributed by atoms with Gasteiger partial charge in [0.15, 0.2) is 0 Å². The van der Waals surface area contributed by atoms with Crippen molar-refractivity contribution in [3.8, 4) is 5.82 Å². The summed E-state index contributed by atoms with van der Waals surface area (Å²) in [7, 11) is 0. The monoisotopic (exact) mass is 327 g/mol. The van der Waals surface area contributed by atoms with Crippen LogP contribution >= 0.6 is 0 Å². The summed E-state index contributed by atoms with van der Waals surface area (Å²) in [6.07, 6.45) is 9.32. The van der Waals surface area contributed by atoms with Crippen LogP contribution in [0.15, 0.2) is 37.1 Å². The predicted octanol–water partition coefficient (Wildman–Crippen LogP) is 2.12. The first-order valence-corrected chi connectivity index (χ1v) is 8.60. The van der Waals surface area contributed by atoms with Gasteiger partial charge in [0.05, 0.1) is 0 Å². The van der Waals surface area contributed by atoms with Crippen molar-refractivity contribution in [1.29, 1.82) is 0 Å². The number of imidazole rings is 1. The molecule has 1 amide bonds. The molecule has 0 aromatic carbocycles. The summed E-state index contributed by atoms with van der Waals surface area (Å²) >= 11 is 0. The third-order valence-corrected chi connectivity index (χ3v) is 4.78. The Kier molecular flexibility index (Phi) is 5.25. The van der Waals surface area contributed by atoms with E-state index in [1.807, 2.05) is 6.20 Å². The van der Waals surface area contributed by atoms with Crippen molar-refractivity contribution in [3.05, 3.63) is 42.6 Å². The fourth-order valence-electron chi connectivity index (χ4n) is 3.04. The van der Waals surface area contributed by atoms with E-state index < -0.39 is 0 Å². The van der Waals surface area contributed by atoms with Gasteiger partial charge in [0.2, 0.25) is 0 Å². The second-order valence-electron chi connectivity index (χ2n) is 6.65. The molecule has 3 heterocycles. The van der Waals surface area contributed by atoms with E-state index in [1.165, 1.54) is 12.8 Å². The maximum atomic E-state index is 12.4. The van der Waals surface area contributed by atoms with Crippen LogP contribution in [0.2, 0.25) is 0 Å². The number of nitrogens with one attached hydrogen (secondary N) is 1. The van der Waals surface area contributed by atoms with Crippen molar-refractivity contribution in [2.75, 3.05) is 19.6 Å². The zero-order chi connectivity index (χ0) is 16.9. The number of likely N-dealkylation sites (tertiary alicyclic amines) is 1. The number of amides is 1. The molecule has 0 bridgehead atoms. The zero-order valence-electron chi connectivity index (χ0n) is 14.4. The second-order valence-corrected chi connectivity index (χ2v) is 6.65. The van der Waals surface area contributed by atoms with Crippen molar-refractivity contribution in [2.45, 2.75) is 32.7 Å². The zero-order valence-corrected chi connectivity index (χ0v) is 14.4. The Labute approximate surface area is 142 Å². The van der Waals surface area contributed by atoms with Crippen molar-refractivity contribution >= 4 is 5.91 Å². The van der Waals surface area contributed by atoms with Gasteiger partial charge in [-0.1, -0.05) is 6.92 Å². The van der Waals surface area contributed by atoms with Crippen molar-refractivity contribution in [3.63, 3.8) is 0 Å². The Morgan fingerprint density at radius 3 is 2.88 bits per heavy atom. The number of piperidine rings is 1. The molecule has 0 saturated carbocycles. The van der Waals surface area contributed by atoms with Gasteiger partial charge in [-0.25, -0.2) is 9.97 Å². The molecule has 3 rings (SSSR count). The van der Waals surface area contributed by atoms with Crippen LogP contribution in [0, 0.1) is 5.92 Å². The smallest absolute Gasteiger partial charge is 0.251 e. The summed E-state index contributed by atoms with van der Waals surface area (Å²) in [5.41, 5.74) is 0.619. The van der Waals surface area contributed by atoms with Gasteiger partial charge in [-0.3, -0.25) is 14.3 Å². The molecule has 6 heteroatoms. The SMILES string of the molecule is CC1CCN([C@H](C)CNC(=O)c2ccnc(-n3ccnc3)c2)CC1. The van der Waals surface area contributed by atoms with Gasteiger partial charge < -0.3 is 5.32 Å². The van der Waals surface area contributed by atoms with Gasteiger partial charge in [0.25, 0.3) is 5.91 Å². The first-order valence-electron chi connectivity index (χ1n) is 8.60. The van der Waals surface area contributed by atoms with Gasteiger partial charge >= 0.3 is 0 Å². The van der Waals surface area contributed by atoms with Crippen molar-refractivity contribution in [1.82, 2.24) is 24.8 Å². The molecule has 0 unspecified atom stereocenters. The van der Waals surface area contributed by atoms with Crippen LogP contribution in [0.5, 0.6) is 0 Å². The van der Waals surface area contributed by atoms with Gasteiger partial charge in [0.1, 0.15) is 12.1 Å². The largest absolute Gasteiger partial charge is 0.350 e. The molecule has 0 aliphatic carbocycles. The fourth-order valence-corrected chi connectivity index (χ4v) is 3.04. The summed E-state index contributed by atoms with van der Waals surface area (Å²) in [4.78, 5) is 23.2. The summed E-state index contributed by atoms with van der Waals surface area (Å²) in [5, 5.41) is 3.05. The Morgan fingerprint density at radius 1 is 1.38 bits per heavy atom. The maximum Gasteiger partial charge on any atom is 0.251 e. The molecule has 0 radical (unpaired) electrons. The minimum Gasteiger partial charge on any atom is -0.350 e. The maximum absolute atomic E-state index is 12.4. The molecule has 1 aliphatic heterocycles. The molecule has 1 saturated heterocycles. The van der Waals surface area contributed by atoms with Crippen molar-refractivity contribution < 1.29 is 4.79 Å². The fraction of sp³-hybridized carbons (Fsp3) is 0.500. The van der Waals surface area contributed by atoms with E-state index in [0.29, 0.717) is 24.0 Å². The first kappa shape index (κ1) is 16.6. The topological polar surface area (TPSA) is 63.1 Å². The van der Waals surface area contributed by atoms with Gasteiger partial charge in [0, 0.05) is 36.7 Å². The molecule has 1 N–H and O–H groups in total. The highest BCUT2D eigenvalue weighted by atomic mass is 16.1. The van der Waals surface area contributed by atoms with E-state index >= 15 is 0 Å². The number of aromatic nitrogens is 3. The first-order chi connectivity index (χ1) is 11.6. The molecule has 1 atom stereocenters. The standard InChI is InChI=1S/C18H25N5O/c1-14-4-8-22(9-5-14)15(2)12-21-18(24)16-3-6-20-17(11-16)23-10-7-19-13-23/h3,6-7,10-11,13-15H,4-5,8-9,12H2,1-2H3,(H,21,24)/t15-/m1/s1. The average molecular weight is 327 g/mol. The molecule has 1 aliphatic rings. The lowest BCUT2D eigenvalue weighted by Gasteiger charge is -2.35. The highest BCUT2D eigenvalue weighted by Gasteiger charge is 2.20. The minimum atomic E-state index is -0.0593. The highest BCUT2D eigenvalue weighted by Crippen LogP contribution is 2.17. The van der Waals surface area contributed by atoms with Crippen molar-refractivity contribution in [2.24, 2.45) is 5.92 Å². The lowest BCUT2D eigenvalue weighted by molar-refractivity contribution is 0.0921. The molecular formula is C18H25N5O. The number of hydrogen-bond donors (Lipinski definition) is 1. The van der Waals surface area contributed by atoms with Crippen LogP contribution < -0.4 is 5.32 Å². The van der Waals surface area contributed by atoms with Crippen LogP contribution in [0.4, 0.5) is 0 Å². The summed E-state index contributed by atoms with van der Waals surface area (Å²) in [5.74, 6) is 1.45. The number of rotatable bonds is 5. The predicted molar refractivity (Wildman–Crippen MR) is 93.1 cm³/mol. The third kappa shape index (κ3) is 4.00. The van der Waals surface area contributed by atoms with Gasteiger partial charge in [-0.05, 0) is 50.9 Å². The molecule has 2 aromatic rings. The second kappa shape index (κ2) is 7.57. The van der Waals surface area contributed by atoms with E-state index in [9.17, 15) is 4.79 Å². The normalized spacial score (nSPS) is 17.6. The lowest BCUT2D eigenvalue weighted by atomic mass is 9.98. The number of carbonyl (C=O) groups is 1. The Hall–Kier alpha value is -2.21. The van der Waals surface area contributed by atoms with E-state index in [1.54, 1.807) is 35.4 Å². The molecule has 1 fully saturated rings. The van der Waals surface area contributed by atoms with Crippen LogP contribution in [0.25, 0.3) is 5.82 Å². The highest BCUT2D eigenvalue weighted by molar-refractivity contribution is 5.94.